The van der Waals surface area contributed by atoms with Crippen LogP contribution in [0.3, 0.4) is 0 Å². The number of ether oxygens (including phenoxy) is 1. The van der Waals surface area contributed by atoms with Crippen molar-refractivity contribution in [1.82, 2.24) is 0 Å². The first kappa shape index (κ1) is 12.7. The fraction of sp³-hybridized carbons (Fsp3) is 0.125. The molecule has 2 aromatic rings. The lowest BCUT2D eigenvalue weighted by atomic mass is 10.1. The Balaban J connectivity index is 2.20. The van der Waals surface area contributed by atoms with Crippen LogP contribution in [-0.4, -0.2) is 7.11 Å². The highest BCUT2D eigenvalue weighted by Crippen LogP contribution is 2.18. The van der Waals surface area contributed by atoms with Crippen LogP contribution in [0.1, 0.15) is 17.2 Å². The van der Waals surface area contributed by atoms with Gasteiger partial charge >= 0.3 is 0 Å². The van der Waals surface area contributed by atoms with Gasteiger partial charge in [0, 0.05) is 17.7 Å². The van der Waals surface area contributed by atoms with Crippen LogP contribution in [0.5, 0.6) is 0 Å². The van der Waals surface area contributed by atoms with Crippen molar-refractivity contribution in [3.63, 3.8) is 0 Å². The van der Waals surface area contributed by atoms with Gasteiger partial charge in [0.2, 0.25) is 0 Å². The molecule has 2 heteroatoms. The molecule has 2 rings (SSSR count). The van der Waals surface area contributed by atoms with E-state index in [-0.39, 0.29) is 6.10 Å². The molecule has 0 aliphatic carbocycles. The van der Waals surface area contributed by atoms with E-state index in [2.05, 4.69) is 11.8 Å². The first-order valence-electron chi connectivity index (χ1n) is 5.64. The SMILES string of the molecule is COC(C#Cc1ccccc1)c1ccc(Cl)cc1. The second-order valence-corrected chi connectivity index (χ2v) is 4.24. The second kappa shape index (κ2) is 6.26. The van der Waals surface area contributed by atoms with Crippen molar-refractivity contribution in [3.05, 3.63) is 70.7 Å². The van der Waals surface area contributed by atoms with Crippen molar-refractivity contribution in [2.24, 2.45) is 0 Å². The van der Waals surface area contributed by atoms with Gasteiger partial charge in [0.25, 0.3) is 0 Å². The van der Waals surface area contributed by atoms with E-state index >= 15 is 0 Å². The molecule has 0 spiro atoms. The van der Waals surface area contributed by atoms with Gasteiger partial charge in [0.05, 0.1) is 0 Å². The number of halogens is 1. The van der Waals surface area contributed by atoms with Gasteiger partial charge in [-0.3, -0.25) is 0 Å². The predicted octanol–water partition coefficient (Wildman–Crippen LogP) is 4.08. The molecule has 0 radical (unpaired) electrons. The number of methoxy groups -OCH3 is 1. The van der Waals surface area contributed by atoms with Crippen molar-refractivity contribution >= 4 is 11.6 Å². The van der Waals surface area contributed by atoms with Gasteiger partial charge < -0.3 is 4.74 Å². The molecule has 0 aliphatic heterocycles. The van der Waals surface area contributed by atoms with Gasteiger partial charge in [0.1, 0.15) is 6.10 Å². The van der Waals surface area contributed by atoms with Gasteiger partial charge in [-0.15, -0.1) is 0 Å². The Bertz CT molecular complexity index is 549. The van der Waals surface area contributed by atoms with Crippen LogP contribution in [0.15, 0.2) is 54.6 Å². The summed E-state index contributed by atoms with van der Waals surface area (Å²) in [6.07, 6.45) is -0.234. The zero-order valence-electron chi connectivity index (χ0n) is 10.1. The third kappa shape index (κ3) is 3.37. The summed E-state index contributed by atoms with van der Waals surface area (Å²) in [6.45, 7) is 0. The largest absolute Gasteiger partial charge is 0.364 e. The van der Waals surface area contributed by atoms with Gasteiger partial charge in [-0.05, 0) is 29.8 Å². The van der Waals surface area contributed by atoms with Crippen LogP contribution in [0.4, 0.5) is 0 Å². The summed E-state index contributed by atoms with van der Waals surface area (Å²) in [4.78, 5) is 0. The van der Waals surface area contributed by atoms with E-state index in [0.29, 0.717) is 5.02 Å². The Morgan fingerprint density at radius 3 is 2.28 bits per heavy atom. The van der Waals surface area contributed by atoms with Crippen LogP contribution in [-0.2, 0) is 4.74 Å². The fourth-order valence-electron chi connectivity index (χ4n) is 1.59. The maximum Gasteiger partial charge on any atom is 0.143 e. The molecule has 0 fully saturated rings. The number of hydrogen-bond acceptors (Lipinski definition) is 1. The summed E-state index contributed by atoms with van der Waals surface area (Å²) >= 11 is 5.86. The lowest BCUT2D eigenvalue weighted by Gasteiger charge is -2.08. The van der Waals surface area contributed by atoms with E-state index in [1.807, 2.05) is 54.6 Å². The van der Waals surface area contributed by atoms with Crippen LogP contribution in [0.25, 0.3) is 0 Å². The molecule has 0 saturated heterocycles. The maximum absolute atomic E-state index is 5.86. The Morgan fingerprint density at radius 1 is 1.00 bits per heavy atom. The van der Waals surface area contributed by atoms with Crippen molar-refractivity contribution in [2.75, 3.05) is 7.11 Å². The van der Waals surface area contributed by atoms with Gasteiger partial charge in [-0.1, -0.05) is 53.8 Å². The molecular weight excluding hydrogens is 244 g/mol. The lowest BCUT2D eigenvalue weighted by Crippen LogP contribution is -1.97. The molecule has 0 N–H and O–H groups in total. The molecule has 0 saturated carbocycles. The van der Waals surface area contributed by atoms with Crippen LogP contribution < -0.4 is 0 Å². The first-order chi connectivity index (χ1) is 8.79. The zero-order valence-corrected chi connectivity index (χ0v) is 10.8. The van der Waals surface area contributed by atoms with E-state index in [1.165, 1.54) is 0 Å². The highest BCUT2D eigenvalue weighted by molar-refractivity contribution is 6.30. The van der Waals surface area contributed by atoms with Crippen LogP contribution in [0.2, 0.25) is 5.02 Å². The number of hydrogen-bond donors (Lipinski definition) is 0. The van der Waals surface area contributed by atoms with Gasteiger partial charge in [-0.25, -0.2) is 0 Å². The van der Waals surface area contributed by atoms with Crippen molar-refractivity contribution in [1.29, 1.82) is 0 Å². The van der Waals surface area contributed by atoms with E-state index in [1.54, 1.807) is 7.11 Å². The Kier molecular flexibility index (Phi) is 4.41. The van der Waals surface area contributed by atoms with E-state index < -0.39 is 0 Å². The third-order valence-corrected chi connectivity index (χ3v) is 2.78. The standard InChI is InChI=1S/C16H13ClO/c1-18-16(14-8-10-15(17)11-9-14)12-7-13-5-3-2-4-6-13/h2-6,8-11,16H,1H3. The summed E-state index contributed by atoms with van der Waals surface area (Å²) < 4.78 is 5.38. The maximum atomic E-state index is 5.86. The van der Waals surface area contributed by atoms with Crippen LogP contribution in [0, 0.1) is 11.8 Å². The van der Waals surface area contributed by atoms with Crippen molar-refractivity contribution in [2.45, 2.75) is 6.10 Å². The molecule has 0 heterocycles. The molecule has 18 heavy (non-hydrogen) atoms. The average molecular weight is 257 g/mol. The summed E-state index contributed by atoms with van der Waals surface area (Å²) in [6, 6.07) is 17.4. The molecule has 90 valence electrons. The molecular formula is C16H13ClO. The summed E-state index contributed by atoms with van der Waals surface area (Å²) in [5, 5.41) is 0.713. The molecule has 2 aromatic carbocycles. The van der Waals surface area contributed by atoms with Crippen molar-refractivity contribution in [3.8, 4) is 11.8 Å². The third-order valence-electron chi connectivity index (χ3n) is 2.53. The fourth-order valence-corrected chi connectivity index (χ4v) is 1.71. The average Bonchev–Trinajstić information content (AvgIpc) is 2.42. The molecule has 1 unspecified atom stereocenters. The molecule has 0 aromatic heterocycles. The minimum Gasteiger partial charge on any atom is -0.364 e. The van der Waals surface area contributed by atoms with Gasteiger partial charge in [-0.2, -0.15) is 0 Å². The second-order valence-electron chi connectivity index (χ2n) is 3.80. The van der Waals surface area contributed by atoms with E-state index in [4.69, 9.17) is 16.3 Å². The highest BCUT2D eigenvalue weighted by atomic mass is 35.5. The zero-order chi connectivity index (χ0) is 12.8. The van der Waals surface area contributed by atoms with Crippen LogP contribution >= 0.6 is 11.6 Å². The Morgan fingerprint density at radius 2 is 1.67 bits per heavy atom. The molecule has 0 amide bonds. The van der Waals surface area contributed by atoms with E-state index in [0.717, 1.165) is 11.1 Å². The smallest absolute Gasteiger partial charge is 0.143 e. The normalized spacial score (nSPS) is 11.4. The first-order valence-corrected chi connectivity index (χ1v) is 6.02. The quantitative estimate of drug-likeness (QED) is 0.736. The van der Waals surface area contributed by atoms with Crippen molar-refractivity contribution < 1.29 is 4.74 Å². The highest BCUT2D eigenvalue weighted by Gasteiger charge is 2.05. The minimum absolute atomic E-state index is 0.234. The molecule has 1 atom stereocenters. The Hall–Kier alpha value is -1.75. The number of benzene rings is 2. The molecule has 1 nitrogen and oxygen atoms in total. The predicted molar refractivity (Wildman–Crippen MR) is 74.5 cm³/mol. The topological polar surface area (TPSA) is 9.23 Å². The minimum atomic E-state index is -0.234. The molecule has 0 aliphatic rings. The Labute approximate surface area is 112 Å². The molecule has 0 bridgehead atoms. The number of rotatable bonds is 2. The summed E-state index contributed by atoms with van der Waals surface area (Å²) in [5.74, 6) is 6.21. The monoisotopic (exact) mass is 256 g/mol. The lowest BCUT2D eigenvalue weighted by molar-refractivity contribution is 0.150. The van der Waals surface area contributed by atoms with E-state index in [9.17, 15) is 0 Å². The van der Waals surface area contributed by atoms with Gasteiger partial charge in [0.15, 0.2) is 0 Å². The summed E-state index contributed by atoms with van der Waals surface area (Å²) in [5.41, 5.74) is 1.99. The summed E-state index contributed by atoms with van der Waals surface area (Å²) in [7, 11) is 1.65.